The van der Waals surface area contributed by atoms with E-state index in [4.69, 9.17) is 14.2 Å². The Morgan fingerprint density at radius 2 is 1.58 bits per heavy atom. The molecule has 1 aromatic carbocycles. The standard InChI is InChI=1S/C22H30N2O7/c1-20(2,3)30-18(27)23-24(19(28)31-21(4,5)6)22(17(26)29-7)13-12-14-10-8-9-11-15(14)16(22)25/h8-11H,12-13H2,1-7H3,(H,23,27)/t22-/m1/s1. The molecule has 0 heterocycles. The van der Waals surface area contributed by atoms with E-state index in [2.05, 4.69) is 5.43 Å². The third-order valence-corrected chi connectivity index (χ3v) is 4.48. The van der Waals surface area contributed by atoms with Crippen LogP contribution in [0.25, 0.3) is 0 Å². The molecular weight excluding hydrogens is 404 g/mol. The predicted molar refractivity (Wildman–Crippen MR) is 111 cm³/mol. The van der Waals surface area contributed by atoms with Crippen LogP contribution in [0.2, 0.25) is 0 Å². The van der Waals surface area contributed by atoms with Crippen LogP contribution in [0.5, 0.6) is 0 Å². The van der Waals surface area contributed by atoms with E-state index >= 15 is 0 Å². The first-order chi connectivity index (χ1) is 14.2. The predicted octanol–water partition coefficient (Wildman–Crippen LogP) is 3.40. The Balaban J connectivity index is 2.59. The number of aryl methyl sites for hydroxylation is 1. The quantitative estimate of drug-likeness (QED) is 0.329. The molecule has 0 saturated carbocycles. The van der Waals surface area contributed by atoms with Gasteiger partial charge in [-0.2, -0.15) is 5.01 Å². The van der Waals surface area contributed by atoms with Gasteiger partial charge in [-0.15, -0.1) is 0 Å². The molecule has 1 atom stereocenters. The van der Waals surface area contributed by atoms with Crippen molar-refractivity contribution in [3.05, 3.63) is 35.4 Å². The maximum absolute atomic E-state index is 13.6. The Hall–Kier alpha value is -3.10. The van der Waals surface area contributed by atoms with Crippen LogP contribution in [0.1, 0.15) is 63.9 Å². The number of ether oxygens (including phenoxy) is 3. The average Bonchev–Trinajstić information content (AvgIpc) is 2.64. The number of carbonyl (C=O) groups excluding carboxylic acids is 4. The van der Waals surface area contributed by atoms with Crippen LogP contribution in [-0.4, -0.2) is 52.8 Å². The van der Waals surface area contributed by atoms with Crippen LogP contribution < -0.4 is 5.43 Å². The molecule has 2 amide bonds. The van der Waals surface area contributed by atoms with Crippen molar-refractivity contribution in [1.82, 2.24) is 10.4 Å². The number of Topliss-reactive ketones (excluding diaryl/α,β-unsaturated/α-hetero) is 1. The maximum Gasteiger partial charge on any atom is 0.430 e. The summed E-state index contributed by atoms with van der Waals surface area (Å²) in [6, 6.07) is 6.77. The zero-order valence-electron chi connectivity index (χ0n) is 19.0. The number of esters is 1. The zero-order chi connectivity index (χ0) is 23.6. The number of hydrogen-bond acceptors (Lipinski definition) is 7. The van der Waals surface area contributed by atoms with E-state index in [1.165, 1.54) is 0 Å². The molecule has 9 heteroatoms. The lowest BCUT2D eigenvalue weighted by atomic mass is 9.76. The van der Waals surface area contributed by atoms with Crippen molar-refractivity contribution in [3.8, 4) is 0 Å². The lowest BCUT2D eigenvalue weighted by molar-refractivity contribution is -0.154. The number of nitrogens with one attached hydrogen (secondary N) is 1. The summed E-state index contributed by atoms with van der Waals surface area (Å²) >= 11 is 0. The number of fused-ring (bicyclic) bond motifs is 1. The van der Waals surface area contributed by atoms with Gasteiger partial charge in [-0.05, 0) is 59.9 Å². The van der Waals surface area contributed by atoms with Crippen LogP contribution in [0.4, 0.5) is 9.59 Å². The number of carbonyl (C=O) groups is 4. The molecule has 1 aliphatic rings. The first kappa shape index (κ1) is 24.2. The summed E-state index contributed by atoms with van der Waals surface area (Å²) in [5.74, 6) is -1.67. The number of hydrazine groups is 1. The number of ketones is 1. The normalized spacial score (nSPS) is 18.5. The van der Waals surface area contributed by atoms with Crippen molar-refractivity contribution in [2.45, 2.75) is 71.1 Å². The number of amides is 2. The van der Waals surface area contributed by atoms with Crippen LogP contribution in [0, 0.1) is 0 Å². The Bertz CT molecular complexity index is 883. The van der Waals surface area contributed by atoms with Gasteiger partial charge >= 0.3 is 18.2 Å². The number of nitrogens with zero attached hydrogens (tertiary/aromatic N) is 1. The molecule has 1 aliphatic carbocycles. The second-order valence-corrected chi connectivity index (χ2v) is 9.27. The fourth-order valence-corrected chi connectivity index (χ4v) is 3.28. The minimum absolute atomic E-state index is 0.107. The van der Waals surface area contributed by atoms with Gasteiger partial charge in [0, 0.05) is 5.56 Å². The van der Waals surface area contributed by atoms with Crippen molar-refractivity contribution in [2.75, 3.05) is 7.11 Å². The van der Waals surface area contributed by atoms with Crippen LogP contribution in [0.15, 0.2) is 24.3 Å². The first-order valence-corrected chi connectivity index (χ1v) is 9.95. The second-order valence-electron chi connectivity index (χ2n) is 9.27. The molecule has 31 heavy (non-hydrogen) atoms. The molecular formula is C22H30N2O7. The number of methoxy groups -OCH3 is 1. The number of benzene rings is 1. The smallest absolute Gasteiger partial charge is 0.430 e. The molecule has 0 unspecified atom stereocenters. The van der Waals surface area contributed by atoms with Crippen LogP contribution in [-0.2, 0) is 25.4 Å². The molecule has 0 bridgehead atoms. The minimum atomic E-state index is -2.15. The Labute approximate surface area is 182 Å². The van der Waals surface area contributed by atoms with Crippen LogP contribution in [0.3, 0.4) is 0 Å². The van der Waals surface area contributed by atoms with Crippen molar-refractivity contribution in [2.24, 2.45) is 0 Å². The fraction of sp³-hybridized carbons (Fsp3) is 0.545. The van der Waals surface area contributed by atoms with Gasteiger partial charge in [-0.3, -0.25) is 4.79 Å². The SMILES string of the molecule is COC(=O)[C@@]1(N(NC(=O)OC(C)(C)C)C(=O)OC(C)(C)C)CCc2ccccc2C1=O. The average molecular weight is 434 g/mol. The highest BCUT2D eigenvalue weighted by molar-refractivity contribution is 6.19. The number of rotatable bonds is 2. The van der Waals surface area contributed by atoms with Gasteiger partial charge in [-0.25, -0.2) is 19.8 Å². The third-order valence-electron chi connectivity index (χ3n) is 4.48. The second kappa shape index (κ2) is 8.56. The van der Waals surface area contributed by atoms with Crippen molar-refractivity contribution in [3.63, 3.8) is 0 Å². The van der Waals surface area contributed by atoms with Gasteiger partial charge in [0.1, 0.15) is 11.2 Å². The highest BCUT2D eigenvalue weighted by atomic mass is 16.6. The van der Waals surface area contributed by atoms with Gasteiger partial charge < -0.3 is 14.2 Å². The summed E-state index contributed by atoms with van der Waals surface area (Å²) in [6.45, 7) is 9.80. The van der Waals surface area contributed by atoms with E-state index in [1.54, 1.807) is 65.8 Å². The molecule has 1 aromatic rings. The molecule has 0 radical (unpaired) electrons. The lowest BCUT2D eigenvalue weighted by Crippen LogP contribution is -2.69. The summed E-state index contributed by atoms with van der Waals surface area (Å²) in [5.41, 5.74) is -0.743. The highest BCUT2D eigenvalue weighted by Crippen LogP contribution is 2.35. The molecule has 9 nitrogen and oxygen atoms in total. The maximum atomic E-state index is 13.6. The van der Waals surface area contributed by atoms with E-state index < -0.39 is 40.7 Å². The van der Waals surface area contributed by atoms with E-state index in [-0.39, 0.29) is 12.0 Å². The monoisotopic (exact) mass is 434 g/mol. The summed E-state index contributed by atoms with van der Waals surface area (Å²) in [7, 11) is 1.11. The molecule has 2 rings (SSSR count). The Morgan fingerprint density at radius 1 is 1.00 bits per heavy atom. The largest absolute Gasteiger partial charge is 0.467 e. The molecule has 0 aromatic heterocycles. The van der Waals surface area contributed by atoms with Crippen molar-refractivity contribution >= 4 is 23.9 Å². The highest BCUT2D eigenvalue weighted by Gasteiger charge is 2.58. The molecule has 0 aliphatic heterocycles. The minimum Gasteiger partial charge on any atom is -0.467 e. The molecule has 0 saturated heterocycles. The molecule has 170 valence electrons. The van der Waals surface area contributed by atoms with Crippen molar-refractivity contribution < 1.29 is 33.4 Å². The van der Waals surface area contributed by atoms with Crippen molar-refractivity contribution in [1.29, 1.82) is 0 Å². The van der Waals surface area contributed by atoms with Gasteiger partial charge in [0.2, 0.25) is 11.3 Å². The summed E-state index contributed by atoms with van der Waals surface area (Å²) < 4.78 is 15.6. The summed E-state index contributed by atoms with van der Waals surface area (Å²) in [5, 5.41) is 0.608. The summed E-state index contributed by atoms with van der Waals surface area (Å²) in [4.78, 5) is 52.2. The zero-order valence-corrected chi connectivity index (χ0v) is 19.0. The molecule has 0 spiro atoms. The molecule has 1 N–H and O–H groups in total. The third kappa shape index (κ3) is 5.34. The van der Waals surface area contributed by atoms with E-state index in [1.807, 2.05) is 0 Å². The number of hydrogen-bond donors (Lipinski definition) is 1. The van der Waals surface area contributed by atoms with Gasteiger partial charge in [0.05, 0.1) is 7.11 Å². The van der Waals surface area contributed by atoms with E-state index in [0.29, 0.717) is 11.4 Å². The topological polar surface area (TPSA) is 111 Å². The molecule has 0 fully saturated rings. The van der Waals surface area contributed by atoms with Gasteiger partial charge in [0.15, 0.2) is 0 Å². The lowest BCUT2D eigenvalue weighted by Gasteiger charge is -2.42. The Kier molecular flexibility index (Phi) is 6.68. The van der Waals surface area contributed by atoms with Crippen LogP contribution >= 0.6 is 0 Å². The van der Waals surface area contributed by atoms with E-state index in [9.17, 15) is 19.2 Å². The van der Waals surface area contributed by atoms with E-state index in [0.717, 1.165) is 12.7 Å². The van der Waals surface area contributed by atoms with Gasteiger partial charge in [-0.1, -0.05) is 24.3 Å². The Morgan fingerprint density at radius 3 is 2.13 bits per heavy atom. The first-order valence-electron chi connectivity index (χ1n) is 9.95. The fourth-order valence-electron chi connectivity index (χ4n) is 3.28. The van der Waals surface area contributed by atoms with Gasteiger partial charge in [0.25, 0.3) is 0 Å². The summed E-state index contributed by atoms with van der Waals surface area (Å²) in [6.07, 6.45) is -1.92.